The number of nitrogens with zero attached hydrogens (tertiary/aromatic N) is 2. The van der Waals surface area contributed by atoms with E-state index in [1.165, 1.54) is 16.0 Å². The molecule has 31 heavy (non-hydrogen) atoms. The molecule has 2 amide bonds. The van der Waals surface area contributed by atoms with E-state index in [-0.39, 0.29) is 11.8 Å². The van der Waals surface area contributed by atoms with Crippen LogP contribution in [0.5, 0.6) is 0 Å². The van der Waals surface area contributed by atoms with Crippen LogP contribution in [0, 0.1) is 6.92 Å². The van der Waals surface area contributed by atoms with Crippen LogP contribution in [0.3, 0.4) is 0 Å². The van der Waals surface area contributed by atoms with Crippen molar-refractivity contribution >= 4 is 34.7 Å². The van der Waals surface area contributed by atoms with Crippen molar-refractivity contribution in [2.45, 2.75) is 19.9 Å². The minimum absolute atomic E-state index is 0.303. The molecule has 0 saturated heterocycles. The van der Waals surface area contributed by atoms with Gasteiger partial charge in [0.2, 0.25) is 0 Å². The number of carbonyl (C=O) groups is 2. The van der Waals surface area contributed by atoms with Gasteiger partial charge in [0.25, 0.3) is 11.8 Å². The Bertz CT molecular complexity index is 1230. The van der Waals surface area contributed by atoms with Gasteiger partial charge in [-0.1, -0.05) is 72.3 Å². The topological polar surface area (TPSA) is 40.6 Å². The van der Waals surface area contributed by atoms with Crippen molar-refractivity contribution in [3.63, 3.8) is 0 Å². The molecule has 154 valence electrons. The summed E-state index contributed by atoms with van der Waals surface area (Å²) in [4.78, 5) is 30.6. The van der Waals surface area contributed by atoms with Crippen LogP contribution >= 0.6 is 11.6 Å². The molecule has 0 bridgehead atoms. The minimum atomic E-state index is -0.315. The number of hydrogen-bond donors (Lipinski definition) is 0. The van der Waals surface area contributed by atoms with Gasteiger partial charge in [0.15, 0.2) is 0 Å². The van der Waals surface area contributed by atoms with Gasteiger partial charge in [-0.25, -0.2) is 4.90 Å². The zero-order valence-electron chi connectivity index (χ0n) is 17.1. The number of halogens is 1. The summed E-state index contributed by atoms with van der Waals surface area (Å²) in [5.74, 6) is -0.617. The van der Waals surface area contributed by atoms with Crippen molar-refractivity contribution in [2.75, 3.05) is 11.4 Å². The predicted molar refractivity (Wildman–Crippen MR) is 123 cm³/mol. The van der Waals surface area contributed by atoms with Gasteiger partial charge >= 0.3 is 0 Å². The van der Waals surface area contributed by atoms with Crippen LogP contribution in [0.15, 0.2) is 78.5 Å². The summed E-state index contributed by atoms with van der Waals surface area (Å²) in [6.45, 7) is 3.18. The maximum absolute atomic E-state index is 13.7. The largest absolute Gasteiger partial charge is 0.362 e. The number of benzene rings is 3. The summed E-state index contributed by atoms with van der Waals surface area (Å²) in [6.07, 6.45) is 0.833. The van der Waals surface area contributed by atoms with Gasteiger partial charge in [0, 0.05) is 18.1 Å². The van der Waals surface area contributed by atoms with Crippen molar-refractivity contribution in [3.05, 3.63) is 106 Å². The van der Waals surface area contributed by atoms with E-state index in [1.807, 2.05) is 60.4 Å². The highest BCUT2D eigenvalue weighted by Crippen LogP contribution is 2.37. The van der Waals surface area contributed by atoms with Crippen LogP contribution in [-0.2, 0) is 22.6 Å². The molecule has 2 aliphatic heterocycles. The number of carbonyl (C=O) groups excluding carboxylic acids is 2. The Morgan fingerprint density at radius 3 is 2.29 bits per heavy atom. The van der Waals surface area contributed by atoms with E-state index in [1.54, 1.807) is 12.1 Å². The summed E-state index contributed by atoms with van der Waals surface area (Å²) in [6, 6.07) is 23.0. The normalized spacial score (nSPS) is 16.2. The predicted octanol–water partition coefficient (Wildman–Crippen LogP) is 4.99. The lowest BCUT2D eigenvalue weighted by atomic mass is 9.98. The van der Waals surface area contributed by atoms with Gasteiger partial charge in [0.1, 0.15) is 5.70 Å². The lowest BCUT2D eigenvalue weighted by Gasteiger charge is -2.31. The van der Waals surface area contributed by atoms with E-state index in [0.29, 0.717) is 35.1 Å². The second kappa shape index (κ2) is 7.71. The van der Waals surface area contributed by atoms with Gasteiger partial charge < -0.3 is 4.90 Å². The molecule has 5 rings (SSSR count). The molecule has 2 aliphatic rings. The van der Waals surface area contributed by atoms with Crippen molar-refractivity contribution in [1.29, 1.82) is 0 Å². The van der Waals surface area contributed by atoms with Crippen LogP contribution in [0.25, 0.3) is 5.57 Å². The molecule has 0 N–H and O–H groups in total. The van der Waals surface area contributed by atoms with Crippen LogP contribution < -0.4 is 4.90 Å². The third-order valence-electron chi connectivity index (χ3n) is 5.98. The average molecular weight is 429 g/mol. The number of fused-ring (bicyclic) bond motifs is 1. The summed E-state index contributed by atoms with van der Waals surface area (Å²) >= 11 is 6.31. The van der Waals surface area contributed by atoms with Crippen molar-refractivity contribution in [2.24, 2.45) is 0 Å². The first-order valence-electron chi connectivity index (χ1n) is 10.3. The average Bonchev–Trinajstić information content (AvgIpc) is 3.06. The number of hydrogen-bond acceptors (Lipinski definition) is 3. The van der Waals surface area contributed by atoms with Crippen molar-refractivity contribution < 1.29 is 9.59 Å². The molecule has 3 aromatic carbocycles. The molecule has 0 spiro atoms. The standard InChI is InChI=1S/C26H21ClN2O2/c1-17-11-12-21(15-22(17)27)29-25(30)23(19-8-3-2-4-9-19)24(26(29)31)28-14-13-18-7-5-6-10-20(18)16-28/h2-12,15H,13-14,16H2,1H3. The van der Waals surface area contributed by atoms with Crippen molar-refractivity contribution in [3.8, 4) is 0 Å². The van der Waals surface area contributed by atoms with Crippen LogP contribution in [-0.4, -0.2) is 23.3 Å². The van der Waals surface area contributed by atoms with Crippen LogP contribution in [0.2, 0.25) is 5.02 Å². The third kappa shape index (κ3) is 3.33. The fourth-order valence-corrected chi connectivity index (χ4v) is 4.49. The van der Waals surface area contributed by atoms with E-state index in [2.05, 4.69) is 12.1 Å². The second-order valence-corrected chi connectivity index (χ2v) is 8.32. The highest BCUT2D eigenvalue weighted by Gasteiger charge is 2.43. The summed E-state index contributed by atoms with van der Waals surface area (Å²) in [7, 11) is 0. The number of rotatable bonds is 3. The molecule has 2 heterocycles. The van der Waals surface area contributed by atoms with E-state index < -0.39 is 0 Å². The van der Waals surface area contributed by atoms with Gasteiger partial charge in [-0.2, -0.15) is 0 Å². The molecule has 3 aromatic rings. The molecule has 0 aromatic heterocycles. The first-order chi connectivity index (χ1) is 15.0. The summed E-state index contributed by atoms with van der Waals surface area (Å²) in [5.41, 5.74) is 5.52. The molecule has 0 atom stereocenters. The second-order valence-electron chi connectivity index (χ2n) is 7.91. The fourth-order valence-electron chi connectivity index (χ4n) is 4.32. The first-order valence-corrected chi connectivity index (χ1v) is 10.7. The first kappa shape index (κ1) is 19.6. The van der Waals surface area contributed by atoms with E-state index in [9.17, 15) is 9.59 Å². The van der Waals surface area contributed by atoms with Gasteiger partial charge in [0.05, 0.1) is 11.3 Å². The summed E-state index contributed by atoms with van der Waals surface area (Å²) in [5, 5.41) is 0.528. The van der Waals surface area contributed by atoms with Gasteiger partial charge in [-0.05, 0) is 47.7 Å². The van der Waals surface area contributed by atoms with Gasteiger partial charge in [-0.3, -0.25) is 9.59 Å². The van der Waals surface area contributed by atoms with Crippen LogP contribution in [0.4, 0.5) is 5.69 Å². The SMILES string of the molecule is Cc1ccc(N2C(=O)C(c3ccccc3)=C(N3CCc4ccccc4C3)C2=O)cc1Cl. The molecule has 5 heteroatoms. The van der Waals surface area contributed by atoms with E-state index >= 15 is 0 Å². The maximum Gasteiger partial charge on any atom is 0.282 e. The Balaban J connectivity index is 1.62. The molecule has 0 unspecified atom stereocenters. The fraction of sp³-hybridized carbons (Fsp3) is 0.154. The quantitative estimate of drug-likeness (QED) is 0.552. The van der Waals surface area contributed by atoms with Crippen molar-refractivity contribution in [1.82, 2.24) is 4.90 Å². The van der Waals surface area contributed by atoms with Crippen LogP contribution in [0.1, 0.15) is 22.3 Å². The third-order valence-corrected chi connectivity index (χ3v) is 6.39. The zero-order chi connectivity index (χ0) is 21.5. The number of imide groups is 1. The molecular formula is C26H21ClN2O2. The number of aryl methyl sites for hydroxylation is 1. The molecule has 0 radical (unpaired) electrons. The molecule has 0 saturated carbocycles. The Morgan fingerprint density at radius 1 is 0.839 bits per heavy atom. The number of amides is 2. The lowest BCUT2D eigenvalue weighted by molar-refractivity contribution is -0.120. The highest BCUT2D eigenvalue weighted by atomic mass is 35.5. The van der Waals surface area contributed by atoms with E-state index in [0.717, 1.165) is 17.5 Å². The Hall–Kier alpha value is -3.37. The lowest BCUT2D eigenvalue weighted by Crippen LogP contribution is -2.37. The Kier molecular flexibility index (Phi) is 4.87. The molecule has 4 nitrogen and oxygen atoms in total. The zero-order valence-corrected chi connectivity index (χ0v) is 17.9. The number of anilines is 1. The van der Waals surface area contributed by atoms with Gasteiger partial charge in [-0.15, -0.1) is 0 Å². The molecule has 0 aliphatic carbocycles. The Labute approximate surface area is 186 Å². The summed E-state index contributed by atoms with van der Waals surface area (Å²) < 4.78 is 0. The smallest absolute Gasteiger partial charge is 0.282 e. The molecular weight excluding hydrogens is 408 g/mol. The monoisotopic (exact) mass is 428 g/mol. The maximum atomic E-state index is 13.7. The molecule has 0 fully saturated rings. The highest BCUT2D eigenvalue weighted by molar-refractivity contribution is 6.45. The minimum Gasteiger partial charge on any atom is -0.362 e. The van der Waals surface area contributed by atoms with E-state index in [4.69, 9.17) is 11.6 Å². The Morgan fingerprint density at radius 2 is 1.55 bits per heavy atom.